The maximum absolute atomic E-state index is 8.91. The molecule has 0 bridgehead atoms. The number of nitriles is 1. The first-order chi connectivity index (χ1) is 9.35. The Hall–Kier alpha value is -1.44. The predicted octanol–water partition coefficient (Wildman–Crippen LogP) is 1.67. The predicted molar refractivity (Wildman–Crippen MR) is 73.4 cm³/mol. The molecule has 1 saturated carbocycles. The van der Waals surface area contributed by atoms with Crippen LogP contribution in [-0.2, 0) is 6.54 Å². The second kappa shape index (κ2) is 5.68. The topological polar surface area (TPSA) is 52.0 Å². The summed E-state index contributed by atoms with van der Waals surface area (Å²) in [5, 5.41) is 12.5. The molecule has 4 nitrogen and oxygen atoms in total. The molecule has 19 heavy (non-hydrogen) atoms. The Kier molecular flexibility index (Phi) is 3.77. The highest BCUT2D eigenvalue weighted by Gasteiger charge is 2.31. The number of aromatic nitrogens is 1. The van der Waals surface area contributed by atoms with E-state index in [1.165, 1.54) is 31.2 Å². The lowest BCUT2D eigenvalue weighted by molar-refractivity contribution is 0.231. The number of hydrogen-bond donors (Lipinski definition) is 1. The lowest BCUT2D eigenvalue weighted by atomic mass is 10.1. The van der Waals surface area contributed by atoms with Gasteiger partial charge in [0.05, 0.1) is 0 Å². The van der Waals surface area contributed by atoms with E-state index in [2.05, 4.69) is 21.3 Å². The molecule has 1 aromatic heterocycles. The number of nitrogens with zero attached hydrogens (tertiary/aromatic N) is 3. The number of nitrogens with one attached hydrogen (secondary N) is 1. The summed E-state index contributed by atoms with van der Waals surface area (Å²) in [6, 6.07) is 7.46. The third-order valence-electron chi connectivity index (χ3n) is 4.01. The molecule has 1 N–H and O–H groups in total. The Morgan fingerprint density at radius 1 is 1.42 bits per heavy atom. The Bertz CT molecular complexity index is 469. The molecule has 0 aromatic carbocycles. The molecule has 2 aliphatic rings. The van der Waals surface area contributed by atoms with Crippen molar-refractivity contribution in [3.8, 4) is 6.07 Å². The molecule has 0 radical (unpaired) electrons. The average Bonchev–Trinajstić information content (AvgIpc) is 3.17. The summed E-state index contributed by atoms with van der Waals surface area (Å²) in [7, 11) is 0. The summed E-state index contributed by atoms with van der Waals surface area (Å²) in [4.78, 5) is 6.61. The minimum atomic E-state index is 0.521. The van der Waals surface area contributed by atoms with Crippen molar-refractivity contribution in [1.29, 1.82) is 5.26 Å². The molecule has 2 heterocycles. The van der Waals surface area contributed by atoms with Gasteiger partial charge >= 0.3 is 0 Å². The largest absolute Gasteiger partial charge is 0.313 e. The number of rotatable bonds is 5. The van der Waals surface area contributed by atoms with Crippen molar-refractivity contribution in [2.75, 3.05) is 13.1 Å². The summed E-state index contributed by atoms with van der Waals surface area (Å²) in [5.41, 5.74) is 1.73. The van der Waals surface area contributed by atoms with Gasteiger partial charge in [0.25, 0.3) is 0 Å². The van der Waals surface area contributed by atoms with Crippen molar-refractivity contribution in [1.82, 2.24) is 15.2 Å². The van der Waals surface area contributed by atoms with E-state index in [9.17, 15) is 0 Å². The van der Waals surface area contributed by atoms with E-state index in [-0.39, 0.29) is 0 Å². The van der Waals surface area contributed by atoms with E-state index in [1.54, 1.807) is 6.20 Å². The molecule has 1 unspecified atom stereocenters. The van der Waals surface area contributed by atoms with Gasteiger partial charge in [-0.25, -0.2) is 4.98 Å². The van der Waals surface area contributed by atoms with Gasteiger partial charge in [0.1, 0.15) is 11.8 Å². The maximum atomic E-state index is 8.91. The van der Waals surface area contributed by atoms with Crippen LogP contribution in [0, 0.1) is 11.3 Å². The van der Waals surface area contributed by atoms with E-state index in [0.717, 1.165) is 25.7 Å². The van der Waals surface area contributed by atoms with Gasteiger partial charge in [0.15, 0.2) is 0 Å². The summed E-state index contributed by atoms with van der Waals surface area (Å²) >= 11 is 0. The molecular formula is C15H20N4. The first kappa shape index (κ1) is 12.6. The fraction of sp³-hybridized carbons (Fsp3) is 0.600. The van der Waals surface area contributed by atoms with Crippen LogP contribution in [0.1, 0.15) is 36.9 Å². The molecule has 100 valence electrons. The van der Waals surface area contributed by atoms with Crippen molar-refractivity contribution >= 4 is 0 Å². The van der Waals surface area contributed by atoms with Gasteiger partial charge in [-0.1, -0.05) is 0 Å². The Morgan fingerprint density at radius 2 is 2.32 bits per heavy atom. The smallest absolute Gasteiger partial charge is 0.140 e. The molecule has 2 fully saturated rings. The zero-order valence-corrected chi connectivity index (χ0v) is 11.2. The standard InChI is InChI=1S/C15H20N4/c16-9-14-8-12(5-7-18-14)10-19(15-3-4-15)11-13-2-1-6-17-13/h5,7-8,13,15,17H,1-4,6,10-11H2. The zero-order chi connectivity index (χ0) is 13.1. The first-order valence-corrected chi connectivity index (χ1v) is 7.17. The SMILES string of the molecule is N#Cc1cc(CN(CC2CCCN2)C2CC2)ccn1. The highest BCUT2D eigenvalue weighted by molar-refractivity contribution is 5.25. The normalized spacial score (nSPS) is 22.6. The van der Waals surface area contributed by atoms with Gasteiger partial charge in [-0.05, 0) is 49.9 Å². The highest BCUT2D eigenvalue weighted by Crippen LogP contribution is 2.29. The van der Waals surface area contributed by atoms with E-state index < -0.39 is 0 Å². The second-order valence-electron chi connectivity index (χ2n) is 5.62. The summed E-state index contributed by atoms with van der Waals surface area (Å²) in [5.74, 6) is 0. The van der Waals surface area contributed by atoms with E-state index in [4.69, 9.17) is 5.26 Å². The van der Waals surface area contributed by atoms with Crippen LogP contribution < -0.4 is 5.32 Å². The number of hydrogen-bond acceptors (Lipinski definition) is 4. The van der Waals surface area contributed by atoms with E-state index in [0.29, 0.717) is 11.7 Å². The van der Waals surface area contributed by atoms with Crippen LogP contribution in [-0.4, -0.2) is 35.1 Å². The molecular weight excluding hydrogens is 236 g/mol. The summed E-state index contributed by atoms with van der Waals surface area (Å²) < 4.78 is 0. The Balaban J connectivity index is 1.65. The van der Waals surface area contributed by atoms with E-state index >= 15 is 0 Å². The van der Waals surface area contributed by atoms with Crippen molar-refractivity contribution in [3.05, 3.63) is 29.6 Å². The monoisotopic (exact) mass is 256 g/mol. The molecule has 0 amide bonds. The minimum Gasteiger partial charge on any atom is -0.313 e. The first-order valence-electron chi connectivity index (χ1n) is 7.17. The van der Waals surface area contributed by atoms with Crippen molar-refractivity contribution in [2.45, 2.75) is 44.3 Å². The third kappa shape index (κ3) is 3.31. The number of pyridine rings is 1. The van der Waals surface area contributed by atoms with E-state index in [1.807, 2.05) is 12.1 Å². The zero-order valence-electron chi connectivity index (χ0n) is 11.2. The van der Waals surface area contributed by atoms with Gasteiger partial charge in [0.2, 0.25) is 0 Å². The molecule has 4 heteroatoms. The molecule has 1 aromatic rings. The van der Waals surface area contributed by atoms with Gasteiger partial charge in [0, 0.05) is 31.4 Å². The van der Waals surface area contributed by atoms with Gasteiger partial charge in [-0.2, -0.15) is 5.26 Å². The Morgan fingerprint density at radius 3 is 3.00 bits per heavy atom. The molecule has 1 atom stereocenters. The van der Waals surface area contributed by atoms with Gasteiger partial charge in [-0.15, -0.1) is 0 Å². The summed E-state index contributed by atoms with van der Waals surface area (Å²) in [6.07, 6.45) is 6.98. The molecule has 1 aliphatic heterocycles. The van der Waals surface area contributed by atoms with Gasteiger partial charge < -0.3 is 5.32 Å². The Labute approximate surface area is 114 Å². The molecule has 3 rings (SSSR count). The van der Waals surface area contributed by atoms with Crippen LogP contribution in [0.3, 0.4) is 0 Å². The van der Waals surface area contributed by atoms with Crippen LogP contribution in [0.5, 0.6) is 0 Å². The van der Waals surface area contributed by atoms with Crippen LogP contribution >= 0.6 is 0 Å². The lowest BCUT2D eigenvalue weighted by Crippen LogP contribution is -2.38. The summed E-state index contributed by atoms with van der Waals surface area (Å²) in [6.45, 7) is 3.24. The lowest BCUT2D eigenvalue weighted by Gasteiger charge is -2.25. The fourth-order valence-electron chi connectivity index (χ4n) is 2.85. The molecule has 1 aliphatic carbocycles. The van der Waals surface area contributed by atoms with Crippen molar-refractivity contribution in [3.63, 3.8) is 0 Å². The van der Waals surface area contributed by atoms with Crippen LogP contribution in [0.15, 0.2) is 18.3 Å². The van der Waals surface area contributed by atoms with Crippen molar-refractivity contribution in [2.24, 2.45) is 0 Å². The van der Waals surface area contributed by atoms with Gasteiger partial charge in [-0.3, -0.25) is 4.90 Å². The second-order valence-corrected chi connectivity index (χ2v) is 5.62. The van der Waals surface area contributed by atoms with Crippen LogP contribution in [0.2, 0.25) is 0 Å². The minimum absolute atomic E-state index is 0.521. The van der Waals surface area contributed by atoms with Crippen LogP contribution in [0.4, 0.5) is 0 Å². The highest BCUT2D eigenvalue weighted by atomic mass is 15.2. The maximum Gasteiger partial charge on any atom is 0.140 e. The quantitative estimate of drug-likeness (QED) is 0.870. The molecule has 0 spiro atoms. The fourth-order valence-corrected chi connectivity index (χ4v) is 2.85. The van der Waals surface area contributed by atoms with Crippen molar-refractivity contribution < 1.29 is 0 Å². The molecule has 1 saturated heterocycles. The van der Waals surface area contributed by atoms with Crippen LogP contribution in [0.25, 0.3) is 0 Å². The average molecular weight is 256 g/mol. The third-order valence-corrected chi connectivity index (χ3v) is 4.01.